The monoisotopic (exact) mass is 239 g/mol. The minimum absolute atomic E-state index is 0.0686. The molecule has 1 rings (SSSR count). The number of carbonyl (C=O) groups is 1. The van der Waals surface area contributed by atoms with Gasteiger partial charge in [0, 0.05) is 25.9 Å². The van der Waals surface area contributed by atoms with E-state index in [1.54, 1.807) is 6.92 Å². The molecule has 17 heavy (non-hydrogen) atoms. The lowest BCUT2D eigenvalue weighted by Crippen LogP contribution is -2.34. The van der Waals surface area contributed by atoms with Gasteiger partial charge in [0.2, 0.25) is 5.91 Å². The third kappa shape index (κ3) is 4.19. The van der Waals surface area contributed by atoms with Gasteiger partial charge in [0.15, 0.2) is 0 Å². The van der Waals surface area contributed by atoms with Gasteiger partial charge in [-0.25, -0.2) is 0 Å². The van der Waals surface area contributed by atoms with E-state index in [0.29, 0.717) is 6.54 Å². The topological polar surface area (TPSA) is 56.1 Å². The Kier molecular flexibility index (Phi) is 5.15. The molecule has 1 aromatic rings. The number of carbonyl (C=O) groups excluding carboxylic acids is 1. The highest BCUT2D eigenvalue weighted by Crippen LogP contribution is 2.02. The molecule has 0 spiro atoms. The molecule has 5 nitrogen and oxygen atoms in total. The molecule has 5 heteroatoms. The number of methoxy groups -OCH3 is 1. The molecule has 1 amide bonds. The molecule has 0 aliphatic rings. The van der Waals surface area contributed by atoms with Crippen LogP contribution in [0, 0.1) is 13.8 Å². The van der Waals surface area contributed by atoms with Crippen LogP contribution in [0.1, 0.15) is 24.7 Å². The number of nitrogens with zero attached hydrogens (tertiary/aromatic N) is 2. The van der Waals surface area contributed by atoms with Gasteiger partial charge >= 0.3 is 0 Å². The molecule has 96 valence electrons. The van der Waals surface area contributed by atoms with Crippen molar-refractivity contribution in [3.05, 3.63) is 17.5 Å². The van der Waals surface area contributed by atoms with E-state index in [0.717, 1.165) is 24.4 Å². The van der Waals surface area contributed by atoms with Crippen LogP contribution in [0.2, 0.25) is 0 Å². The Hall–Kier alpha value is -1.36. The first-order chi connectivity index (χ1) is 8.04. The summed E-state index contributed by atoms with van der Waals surface area (Å²) in [6.07, 6.45) is 0.480. The summed E-state index contributed by atoms with van der Waals surface area (Å²) in [5, 5.41) is 7.18. The number of rotatable bonds is 6. The standard InChI is InChI=1S/C12H21N3O2/c1-9-8-10(2)15(14-9)7-5-6-13-12(16)11(3)17-4/h8,11H,5-7H2,1-4H3,(H,13,16). The zero-order valence-corrected chi connectivity index (χ0v) is 11.0. The smallest absolute Gasteiger partial charge is 0.248 e. The maximum atomic E-state index is 11.4. The lowest BCUT2D eigenvalue weighted by atomic mass is 10.3. The van der Waals surface area contributed by atoms with Crippen LogP contribution >= 0.6 is 0 Å². The van der Waals surface area contributed by atoms with Gasteiger partial charge in [0.05, 0.1) is 5.69 Å². The SMILES string of the molecule is COC(C)C(=O)NCCCn1nc(C)cc1C. The Bertz CT molecular complexity index is 374. The van der Waals surface area contributed by atoms with Crippen LogP contribution in [0.15, 0.2) is 6.07 Å². The van der Waals surface area contributed by atoms with Crippen LogP contribution in [-0.4, -0.2) is 35.4 Å². The molecule has 0 aliphatic heterocycles. The summed E-state index contributed by atoms with van der Waals surface area (Å²) in [5.74, 6) is -0.0686. The van der Waals surface area contributed by atoms with E-state index in [9.17, 15) is 4.79 Å². The number of hydrogen-bond acceptors (Lipinski definition) is 3. The summed E-state index contributed by atoms with van der Waals surface area (Å²) in [4.78, 5) is 11.4. The molecule has 1 unspecified atom stereocenters. The Balaban J connectivity index is 2.25. The number of aromatic nitrogens is 2. The quantitative estimate of drug-likeness (QED) is 0.755. The molecular formula is C12H21N3O2. The van der Waals surface area contributed by atoms with Crippen molar-refractivity contribution >= 4 is 5.91 Å². The summed E-state index contributed by atoms with van der Waals surface area (Å²) in [5.41, 5.74) is 2.18. The highest BCUT2D eigenvalue weighted by atomic mass is 16.5. The molecule has 1 N–H and O–H groups in total. The van der Waals surface area contributed by atoms with Gasteiger partial charge < -0.3 is 10.1 Å². The van der Waals surface area contributed by atoms with Gasteiger partial charge in [0.1, 0.15) is 6.10 Å². The van der Waals surface area contributed by atoms with Crippen molar-refractivity contribution in [2.45, 2.75) is 39.8 Å². The van der Waals surface area contributed by atoms with Gasteiger partial charge in [-0.15, -0.1) is 0 Å². The summed E-state index contributed by atoms with van der Waals surface area (Å²) >= 11 is 0. The summed E-state index contributed by atoms with van der Waals surface area (Å²) in [6, 6.07) is 2.05. The van der Waals surface area contributed by atoms with Crippen molar-refractivity contribution in [3.63, 3.8) is 0 Å². The second-order valence-corrected chi connectivity index (χ2v) is 4.17. The molecule has 0 fully saturated rings. The molecular weight excluding hydrogens is 218 g/mol. The molecule has 0 aliphatic carbocycles. The zero-order chi connectivity index (χ0) is 12.8. The van der Waals surface area contributed by atoms with E-state index >= 15 is 0 Å². The van der Waals surface area contributed by atoms with Crippen molar-refractivity contribution in [2.24, 2.45) is 0 Å². The number of nitrogens with one attached hydrogen (secondary N) is 1. The normalized spacial score (nSPS) is 12.5. The van der Waals surface area contributed by atoms with Gasteiger partial charge in [0.25, 0.3) is 0 Å². The number of hydrogen-bond donors (Lipinski definition) is 1. The summed E-state index contributed by atoms with van der Waals surface area (Å²) < 4.78 is 6.88. The van der Waals surface area contributed by atoms with E-state index in [2.05, 4.69) is 10.4 Å². The second-order valence-electron chi connectivity index (χ2n) is 4.17. The second kappa shape index (κ2) is 6.39. The van der Waals surface area contributed by atoms with E-state index in [1.165, 1.54) is 7.11 Å². The van der Waals surface area contributed by atoms with Crippen LogP contribution in [0.3, 0.4) is 0 Å². The van der Waals surface area contributed by atoms with E-state index in [1.807, 2.05) is 24.6 Å². The Morgan fingerprint density at radius 1 is 1.59 bits per heavy atom. The summed E-state index contributed by atoms with van der Waals surface area (Å²) in [6.45, 7) is 7.21. The van der Waals surface area contributed by atoms with Gasteiger partial charge in [-0.1, -0.05) is 0 Å². The fraction of sp³-hybridized carbons (Fsp3) is 0.667. The van der Waals surface area contributed by atoms with Gasteiger partial charge in [-0.3, -0.25) is 9.48 Å². The lowest BCUT2D eigenvalue weighted by Gasteiger charge is -2.10. The predicted molar refractivity (Wildman–Crippen MR) is 65.8 cm³/mol. The molecule has 0 saturated heterocycles. The van der Waals surface area contributed by atoms with Crippen molar-refractivity contribution < 1.29 is 9.53 Å². The van der Waals surface area contributed by atoms with Crippen LogP contribution < -0.4 is 5.32 Å². The molecule has 1 heterocycles. The largest absolute Gasteiger partial charge is 0.372 e. The fourth-order valence-electron chi connectivity index (χ4n) is 1.59. The van der Waals surface area contributed by atoms with E-state index < -0.39 is 0 Å². The van der Waals surface area contributed by atoms with Crippen LogP contribution in [0.25, 0.3) is 0 Å². The first kappa shape index (κ1) is 13.7. The van der Waals surface area contributed by atoms with Crippen molar-refractivity contribution in [3.8, 4) is 0 Å². The lowest BCUT2D eigenvalue weighted by molar-refractivity contribution is -0.130. The van der Waals surface area contributed by atoms with Crippen LogP contribution in [0.5, 0.6) is 0 Å². The number of ether oxygens (including phenoxy) is 1. The maximum absolute atomic E-state index is 11.4. The molecule has 0 aromatic carbocycles. The molecule has 1 aromatic heterocycles. The van der Waals surface area contributed by atoms with Crippen molar-refractivity contribution in [1.29, 1.82) is 0 Å². The van der Waals surface area contributed by atoms with E-state index in [-0.39, 0.29) is 12.0 Å². The third-order valence-electron chi connectivity index (χ3n) is 2.67. The summed E-state index contributed by atoms with van der Waals surface area (Å²) in [7, 11) is 1.53. The molecule has 0 saturated carbocycles. The Labute approximate surface area is 102 Å². The zero-order valence-electron chi connectivity index (χ0n) is 11.0. The molecule has 0 bridgehead atoms. The number of aryl methyl sites for hydroxylation is 3. The van der Waals surface area contributed by atoms with Crippen LogP contribution in [-0.2, 0) is 16.1 Å². The van der Waals surface area contributed by atoms with Crippen LogP contribution in [0.4, 0.5) is 0 Å². The average molecular weight is 239 g/mol. The first-order valence-electron chi connectivity index (χ1n) is 5.86. The molecule has 1 atom stereocenters. The highest BCUT2D eigenvalue weighted by molar-refractivity contribution is 5.80. The third-order valence-corrected chi connectivity index (χ3v) is 2.67. The minimum atomic E-state index is -0.385. The van der Waals surface area contributed by atoms with E-state index in [4.69, 9.17) is 4.74 Å². The minimum Gasteiger partial charge on any atom is -0.372 e. The fourth-order valence-corrected chi connectivity index (χ4v) is 1.59. The average Bonchev–Trinajstić information content (AvgIpc) is 2.62. The highest BCUT2D eigenvalue weighted by Gasteiger charge is 2.09. The Morgan fingerprint density at radius 2 is 2.29 bits per heavy atom. The first-order valence-corrected chi connectivity index (χ1v) is 5.86. The van der Waals surface area contributed by atoms with Gasteiger partial charge in [-0.05, 0) is 33.3 Å². The van der Waals surface area contributed by atoms with Crippen molar-refractivity contribution in [2.75, 3.05) is 13.7 Å². The number of amides is 1. The predicted octanol–water partition coefficient (Wildman–Crippen LogP) is 1.04. The van der Waals surface area contributed by atoms with Gasteiger partial charge in [-0.2, -0.15) is 5.10 Å². The Morgan fingerprint density at radius 3 is 2.82 bits per heavy atom. The maximum Gasteiger partial charge on any atom is 0.248 e. The van der Waals surface area contributed by atoms with Crippen molar-refractivity contribution in [1.82, 2.24) is 15.1 Å². The molecule has 0 radical (unpaired) electrons.